The molecule has 1 unspecified atom stereocenters. The van der Waals surface area contributed by atoms with Crippen LogP contribution in [0.15, 0.2) is 22.9 Å². The molecule has 4 heteroatoms. The quantitative estimate of drug-likeness (QED) is 0.865. The molecule has 1 atom stereocenters. The fourth-order valence-corrected chi connectivity index (χ4v) is 3.90. The van der Waals surface area contributed by atoms with Crippen molar-refractivity contribution in [2.75, 3.05) is 6.54 Å². The van der Waals surface area contributed by atoms with Crippen LogP contribution >= 0.6 is 34.3 Å². The van der Waals surface area contributed by atoms with E-state index in [9.17, 15) is 0 Å². The Morgan fingerprint density at radius 2 is 2.25 bits per heavy atom. The fourth-order valence-electron chi connectivity index (χ4n) is 1.63. The molecular weight excluding hydrogens is 258 g/mol. The van der Waals surface area contributed by atoms with Crippen LogP contribution in [-0.4, -0.2) is 6.54 Å². The molecule has 0 aliphatic carbocycles. The van der Waals surface area contributed by atoms with Gasteiger partial charge in [0.25, 0.3) is 0 Å². The zero-order valence-corrected chi connectivity index (χ0v) is 11.7. The van der Waals surface area contributed by atoms with Crippen LogP contribution in [0.4, 0.5) is 0 Å². The Bertz CT molecular complexity index is 448. The minimum atomic E-state index is 0.246. The molecule has 0 amide bonds. The van der Waals surface area contributed by atoms with E-state index in [2.05, 4.69) is 42.1 Å². The Balaban J connectivity index is 2.37. The van der Waals surface area contributed by atoms with E-state index in [1.165, 1.54) is 15.3 Å². The summed E-state index contributed by atoms with van der Waals surface area (Å²) in [6.45, 7) is 5.12. The normalized spacial score (nSPS) is 12.9. The van der Waals surface area contributed by atoms with Gasteiger partial charge in [0.1, 0.15) is 0 Å². The second kappa shape index (κ2) is 5.32. The molecule has 0 aliphatic rings. The minimum Gasteiger partial charge on any atom is -0.305 e. The summed E-state index contributed by atoms with van der Waals surface area (Å²) >= 11 is 9.84. The molecule has 0 radical (unpaired) electrons. The van der Waals surface area contributed by atoms with E-state index in [1.54, 1.807) is 22.7 Å². The van der Waals surface area contributed by atoms with Gasteiger partial charge in [-0.05, 0) is 35.9 Å². The van der Waals surface area contributed by atoms with Crippen LogP contribution in [0.1, 0.15) is 28.3 Å². The summed E-state index contributed by atoms with van der Waals surface area (Å²) < 4.78 is 0. The van der Waals surface area contributed by atoms with Crippen LogP contribution < -0.4 is 5.32 Å². The molecule has 16 heavy (non-hydrogen) atoms. The first-order valence-corrected chi connectivity index (χ1v) is 7.38. The van der Waals surface area contributed by atoms with Gasteiger partial charge < -0.3 is 5.32 Å². The highest BCUT2D eigenvalue weighted by Gasteiger charge is 2.19. The molecule has 1 nitrogen and oxygen atoms in total. The molecular formula is C12H14ClNS2. The molecule has 2 aromatic rings. The van der Waals surface area contributed by atoms with Crippen molar-refractivity contribution < 1.29 is 0 Å². The molecule has 0 saturated heterocycles. The van der Waals surface area contributed by atoms with Gasteiger partial charge in [-0.3, -0.25) is 0 Å². The number of nitrogens with one attached hydrogen (secondary N) is 1. The third-order valence-corrected chi connectivity index (χ3v) is 5.14. The first-order chi connectivity index (χ1) is 7.74. The molecule has 2 heterocycles. The highest BCUT2D eigenvalue weighted by Crippen LogP contribution is 2.37. The smallest absolute Gasteiger partial charge is 0.0779 e. The maximum Gasteiger partial charge on any atom is 0.0779 e. The van der Waals surface area contributed by atoms with E-state index < -0.39 is 0 Å². The van der Waals surface area contributed by atoms with Crippen LogP contribution in [-0.2, 0) is 0 Å². The lowest BCUT2D eigenvalue weighted by molar-refractivity contribution is 0.649. The Morgan fingerprint density at radius 3 is 2.75 bits per heavy atom. The van der Waals surface area contributed by atoms with Gasteiger partial charge in [-0.2, -0.15) is 0 Å². The molecule has 0 fully saturated rings. The summed E-state index contributed by atoms with van der Waals surface area (Å²) in [6, 6.07) is 4.48. The SMILES string of the molecule is CCNC(c1cccs1)c1scc(C)c1Cl. The van der Waals surface area contributed by atoms with Gasteiger partial charge in [0.15, 0.2) is 0 Å². The maximum atomic E-state index is 6.33. The Hall–Kier alpha value is -0.350. The van der Waals surface area contributed by atoms with E-state index >= 15 is 0 Å². The summed E-state index contributed by atoms with van der Waals surface area (Å²) in [6.07, 6.45) is 0. The number of thiophene rings is 2. The summed E-state index contributed by atoms with van der Waals surface area (Å²) in [7, 11) is 0. The van der Waals surface area contributed by atoms with E-state index in [1.807, 2.05) is 0 Å². The molecule has 2 rings (SSSR count). The third-order valence-electron chi connectivity index (χ3n) is 2.42. The lowest BCUT2D eigenvalue weighted by Gasteiger charge is -2.15. The number of rotatable bonds is 4. The minimum absolute atomic E-state index is 0.246. The average molecular weight is 272 g/mol. The molecule has 0 spiro atoms. The second-order valence-electron chi connectivity index (χ2n) is 3.60. The Labute approximate surface area is 109 Å². The van der Waals surface area contributed by atoms with Crippen molar-refractivity contribution in [2.24, 2.45) is 0 Å². The molecule has 0 bridgehead atoms. The monoisotopic (exact) mass is 271 g/mol. The van der Waals surface area contributed by atoms with E-state index in [4.69, 9.17) is 11.6 Å². The standard InChI is InChI=1S/C12H14ClNS2/c1-3-14-11(9-5-4-6-15-9)12-10(13)8(2)7-16-12/h4-7,11,14H,3H2,1-2H3. The Morgan fingerprint density at radius 1 is 1.44 bits per heavy atom. The van der Waals surface area contributed by atoms with Crippen LogP contribution in [0.3, 0.4) is 0 Å². The van der Waals surface area contributed by atoms with Crippen LogP contribution in [0.2, 0.25) is 5.02 Å². The van der Waals surface area contributed by atoms with Crippen LogP contribution in [0.25, 0.3) is 0 Å². The van der Waals surface area contributed by atoms with Gasteiger partial charge in [0, 0.05) is 9.75 Å². The van der Waals surface area contributed by atoms with Crippen molar-refractivity contribution >= 4 is 34.3 Å². The van der Waals surface area contributed by atoms with Crippen molar-refractivity contribution in [1.29, 1.82) is 0 Å². The second-order valence-corrected chi connectivity index (χ2v) is 5.87. The zero-order valence-electron chi connectivity index (χ0n) is 9.29. The number of halogens is 1. The summed E-state index contributed by atoms with van der Waals surface area (Å²) in [5.41, 5.74) is 1.17. The summed E-state index contributed by atoms with van der Waals surface area (Å²) in [5, 5.41) is 8.62. The molecule has 1 N–H and O–H groups in total. The highest BCUT2D eigenvalue weighted by molar-refractivity contribution is 7.12. The lowest BCUT2D eigenvalue weighted by Crippen LogP contribution is -2.20. The predicted molar refractivity (Wildman–Crippen MR) is 73.9 cm³/mol. The summed E-state index contributed by atoms with van der Waals surface area (Å²) in [5.74, 6) is 0. The topological polar surface area (TPSA) is 12.0 Å². The van der Waals surface area contributed by atoms with Crippen molar-refractivity contribution in [3.8, 4) is 0 Å². The average Bonchev–Trinajstić information content (AvgIpc) is 2.89. The van der Waals surface area contributed by atoms with E-state index in [0.717, 1.165) is 11.6 Å². The number of hydrogen-bond acceptors (Lipinski definition) is 3. The molecule has 2 aromatic heterocycles. The van der Waals surface area contributed by atoms with Crippen molar-refractivity contribution in [3.63, 3.8) is 0 Å². The summed E-state index contributed by atoms with van der Waals surface area (Å²) in [4.78, 5) is 2.55. The van der Waals surface area contributed by atoms with Gasteiger partial charge in [0.05, 0.1) is 11.1 Å². The van der Waals surface area contributed by atoms with Crippen molar-refractivity contribution in [2.45, 2.75) is 19.9 Å². The van der Waals surface area contributed by atoms with Crippen molar-refractivity contribution in [1.82, 2.24) is 5.32 Å². The van der Waals surface area contributed by atoms with Crippen LogP contribution in [0.5, 0.6) is 0 Å². The van der Waals surface area contributed by atoms with E-state index in [0.29, 0.717) is 0 Å². The molecule has 86 valence electrons. The first-order valence-electron chi connectivity index (χ1n) is 5.24. The highest BCUT2D eigenvalue weighted by atomic mass is 35.5. The van der Waals surface area contributed by atoms with Crippen molar-refractivity contribution in [3.05, 3.63) is 43.2 Å². The zero-order chi connectivity index (χ0) is 11.5. The fraction of sp³-hybridized carbons (Fsp3) is 0.333. The van der Waals surface area contributed by atoms with Crippen LogP contribution in [0, 0.1) is 6.92 Å². The predicted octanol–water partition coefficient (Wildman–Crippen LogP) is 4.47. The third kappa shape index (κ3) is 2.33. The van der Waals surface area contributed by atoms with Gasteiger partial charge >= 0.3 is 0 Å². The van der Waals surface area contributed by atoms with Gasteiger partial charge in [0.2, 0.25) is 0 Å². The molecule has 0 saturated carbocycles. The maximum absolute atomic E-state index is 6.33. The Kier molecular flexibility index (Phi) is 4.03. The number of hydrogen-bond donors (Lipinski definition) is 1. The first kappa shape index (κ1) is 12.1. The van der Waals surface area contributed by atoms with Gasteiger partial charge in [-0.25, -0.2) is 0 Å². The lowest BCUT2D eigenvalue weighted by atomic mass is 10.2. The van der Waals surface area contributed by atoms with Gasteiger partial charge in [-0.15, -0.1) is 22.7 Å². The van der Waals surface area contributed by atoms with E-state index in [-0.39, 0.29) is 6.04 Å². The molecule has 0 aromatic carbocycles. The number of aryl methyl sites for hydroxylation is 1. The molecule has 0 aliphatic heterocycles. The largest absolute Gasteiger partial charge is 0.305 e. The van der Waals surface area contributed by atoms with Gasteiger partial charge in [-0.1, -0.05) is 24.6 Å².